The van der Waals surface area contributed by atoms with Crippen LogP contribution in [-0.2, 0) is 10.1 Å². The Morgan fingerprint density at radius 1 is 1.11 bits per heavy atom. The molecule has 1 rings (SSSR count). The first kappa shape index (κ1) is 16.9. The second-order valence-electron chi connectivity index (χ2n) is 3.05. The van der Waals surface area contributed by atoms with Crippen molar-refractivity contribution in [3.8, 4) is 0 Å². The molecule has 0 aliphatic rings. The summed E-state index contributed by atoms with van der Waals surface area (Å²) >= 11 is 0. The molecule has 0 saturated carbocycles. The molecule has 0 N–H and O–H groups in total. The van der Waals surface area contributed by atoms with Crippen LogP contribution in [-0.4, -0.2) is 22.8 Å². The van der Waals surface area contributed by atoms with E-state index in [0.29, 0.717) is 0 Å². The van der Waals surface area contributed by atoms with Gasteiger partial charge >= 0.3 is 40.9 Å². The van der Waals surface area contributed by atoms with E-state index in [4.69, 9.17) is 0 Å². The monoisotopic (exact) mass is 284 g/mol. The van der Waals surface area contributed by atoms with E-state index >= 15 is 0 Å². The van der Waals surface area contributed by atoms with Crippen molar-refractivity contribution >= 4 is 21.5 Å². The fraction of sp³-hybridized carbons (Fsp3) is 0.143. The van der Waals surface area contributed by atoms with Gasteiger partial charge in [-0.05, 0) is 12.5 Å². The molecule has 0 spiro atoms. The Labute approximate surface area is 123 Å². The summed E-state index contributed by atoms with van der Waals surface area (Å²) in [6, 6.07) is 1.75. The molecule has 0 amide bonds. The maximum absolute atomic E-state index is 10.9. The van der Waals surface area contributed by atoms with Crippen LogP contribution in [0.5, 0.6) is 0 Å². The molecule has 1 aromatic rings. The standard InChI is InChI=1S/C7H6N2O7S.Na/c1-4-2-3-5(8(10)11)6(9(12)13)7(4)17(14,15)16;/h2-3H,1H3,(H,14,15,16);/q;+1/p-1. The van der Waals surface area contributed by atoms with Crippen molar-refractivity contribution in [2.24, 2.45) is 0 Å². The van der Waals surface area contributed by atoms with E-state index in [9.17, 15) is 33.2 Å². The van der Waals surface area contributed by atoms with Gasteiger partial charge in [0.15, 0.2) is 0 Å². The van der Waals surface area contributed by atoms with Crippen molar-refractivity contribution in [2.75, 3.05) is 0 Å². The molecule has 0 aromatic heterocycles. The van der Waals surface area contributed by atoms with Crippen molar-refractivity contribution in [3.05, 3.63) is 37.9 Å². The van der Waals surface area contributed by atoms with Crippen LogP contribution in [0.3, 0.4) is 0 Å². The first-order valence-corrected chi connectivity index (χ1v) is 5.45. The van der Waals surface area contributed by atoms with Gasteiger partial charge in [-0.3, -0.25) is 20.2 Å². The van der Waals surface area contributed by atoms with Crippen LogP contribution < -0.4 is 29.6 Å². The summed E-state index contributed by atoms with van der Waals surface area (Å²) in [5, 5.41) is 21.2. The van der Waals surface area contributed by atoms with E-state index in [1.165, 1.54) is 0 Å². The normalized spacial score (nSPS) is 10.6. The average molecular weight is 284 g/mol. The molecule has 1 aromatic carbocycles. The largest absolute Gasteiger partial charge is 1.00 e. The fourth-order valence-corrected chi connectivity index (χ4v) is 2.18. The van der Waals surface area contributed by atoms with Crippen molar-refractivity contribution < 1.29 is 52.4 Å². The smallest absolute Gasteiger partial charge is 0.744 e. The topological polar surface area (TPSA) is 143 Å². The Bertz CT molecular complexity index is 612. The molecule has 9 nitrogen and oxygen atoms in total. The number of benzene rings is 1. The molecule has 0 fully saturated rings. The molecule has 0 atom stereocenters. The van der Waals surface area contributed by atoms with Crippen molar-refractivity contribution in [3.63, 3.8) is 0 Å². The Hall–Kier alpha value is -1.07. The summed E-state index contributed by atoms with van der Waals surface area (Å²) < 4.78 is 32.6. The van der Waals surface area contributed by atoms with Crippen LogP contribution in [0.4, 0.5) is 11.4 Å². The van der Waals surface area contributed by atoms with Gasteiger partial charge in [0.1, 0.15) is 15.0 Å². The quantitative estimate of drug-likeness (QED) is 0.263. The zero-order valence-corrected chi connectivity index (χ0v) is 12.1. The van der Waals surface area contributed by atoms with Crippen LogP contribution in [0.1, 0.15) is 5.56 Å². The van der Waals surface area contributed by atoms with E-state index in [2.05, 4.69) is 0 Å². The van der Waals surface area contributed by atoms with Gasteiger partial charge in [-0.1, -0.05) is 6.07 Å². The van der Waals surface area contributed by atoms with Crippen molar-refractivity contribution in [1.82, 2.24) is 0 Å². The van der Waals surface area contributed by atoms with E-state index in [1.807, 2.05) is 0 Å². The van der Waals surface area contributed by atoms with Gasteiger partial charge in [0.2, 0.25) is 0 Å². The minimum atomic E-state index is -5.16. The van der Waals surface area contributed by atoms with Gasteiger partial charge in [-0.15, -0.1) is 0 Å². The molecule has 11 heteroatoms. The number of rotatable bonds is 3. The van der Waals surface area contributed by atoms with Crippen molar-refractivity contribution in [2.45, 2.75) is 11.8 Å². The summed E-state index contributed by atoms with van der Waals surface area (Å²) in [7, 11) is -5.16. The molecule has 0 aliphatic carbocycles. The Morgan fingerprint density at radius 2 is 1.61 bits per heavy atom. The number of nitrogens with zero attached hydrogens (tertiary/aromatic N) is 2. The van der Waals surface area contributed by atoms with Crippen LogP contribution in [0.15, 0.2) is 17.0 Å². The van der Waals surface area contributed by atoms with Crippen LogP contribution in [0.2, 0.25) is 0 Å². The Morgan fingerprint density at radius 3 is 1.94 bits per heavy atom. The Balaban J connectivity index is 0.00000289. The predicted octanol–water partition coefficient (Wildman–Crippen LogP) is -2.28. The third kappa shape index (κ3) is 3.23. The minimum absolute atomic E-state index is 0. The van der Waals surface area contributed by atoms with Crippen molar-refractivity contribution in [1.29, 1.82) is 0 Å². The summed E-state index contributed by atoms with van der Waals surface area (Å²) in [5.74, 6) is 0. The van der Waals surface area contributed by atoms with Gasteiger partial charge in [-0.2, -0.15) is 0 Å². The van der Waals surface area contributed by atoms with E-state index in [0.717, 1.165) is 19.1 Å². The number of hydrogen-bond acceptors (Lipinski definition) is 7. The zero-order valence-electron chi connectivity index (χ0n) is 9.32. The molecular weight excluding hydrogens is 279 g/mol. The van der Waals surface area contributed by atoms with Crippen LogP contribution >= 0.6 is 0 Å². The fourth-order valence-electron chi connectivity index (χ4n) is 1.30. The van der Waals surface area contributed by atoms with Crippen LogP contribution in [0.25, 0.3) is 0 Å². The SMILES string of the molecule is Cc1ccc([N+](=O)[O-])c([N+](=O)[O-])c1S(=O)(=O)[O-].[Na+]. The van der Waals surface area contributed by atoms with E-state index in [1.54, 1.807) is 0 Å². The van der Waals surface area contributed by atoms with Gasteiger partial charge in [0.25, 0.3) is 0 Å². The zero-order chi connectivity index (χ0) is 13.4. The third-order valence-corrected chi connectivity index (χ3v) is 2.95. The molecule has 0 radical (unpaired) electrons. The van der Waals surface area contributed by atoms with Gasteiger partial charge in [0, 0.05) is 6.07 Å². The first-order chi connectivity index (χ1) is 7.66. The second kappa shape index (κ2) is 5.71. The molecule has 92 valence electrons. The molecule has 0 unspecified atom stereocenters. The first-order valence-electron chi connectivity index (χ1n) is 4.04. The molecule has 0 heterocycles. The van der Waals surface area contributed by atoms with Gasteiger partial charge < -0.3 is 4.55 Å². The number of nitro benzene ring substituents is 2. The average Bonchev–Trinajstić information content (AvgIpc) is 2.14. The number of aryl methyl sites for hydroxylation is 1. The summed E-state index contributed by atoms with van der Waals surface area (Å²) in [6.45, 7) is 1.14. The molecule has 0 saturated heterocycles. The van der Waals surface area contributed by atoms with Gasteiger partial charge in [-0.25, -0.2) is 8.42 Å². The molecular formula is C7H5N2NaO7S. The van der Waals surface area contributed by atoms with Gasteiger partial charge in [0.05, 0.1) is 9.85 Å². The molecule has 18 heavy (non-hydrogen) atoms. The second-order valence-corrected chi connectivity index (χ2v) is 4.36. The molecule has 0 bridgehead atoms. The summed E-state index contributed by atoms with van der Waals surface area (Å²) in [5.41, 5.74) is -2.54. The van der Waals surface area contributed by atoms with Crippen LogP contribution in [0, 0.1) is 27.2 Å². The van der Waals surface area contributed by atoms with E-state index in [-0.39, 0.29) is 35.1 Å². The Kier molecular flexibility index (Phi) is 5.37. The summed E-state index contributed by atoms with van der Waals surface area (Å²) in [4.78, 5) is 17.6. The predicted molar refractivity (Wildman–Crippen MR) is 52.5 cm³/mol. The molecule has 0 aliphatic heterocycles. The van der Waals surface area contributed by atoms with E-state index < -0.39 is 36.2 Å². The minimum Gasteiger partial charge on any atom is -0.744 e. The summed E-state index contributed by atoms with van der Waals surface area (Å²) in [6.07, 6.45) is 0. The number of nitro groups is 2. The maximum Gasteiger partial charge on any atom is 1.00 e. The number of hydrogen-bond donors (Lipinski definition) is 0. The third-order valence-electron chi connectivity index (χ3n) is 1.94. The maximum atomic E-state index is 10.9.